The van der Waals surface area contributed by atoms with Crippen molar-refractivity contribution in [2.45, 2.75) is 90.6 Å². The lowest BCUT2D eigenvalue weighted by Crippen LogP contribution is -2.30. The summed E-state index contributed by atoms with van der Waals surface area (Å²) in [5, 5.41) is 9.79. The van der Waals surface area contributed by atoms with Crippen molar-refractivity contribution in [2.24, 2.45) is 17.8 Å². The lowest BCUT2D eigenvalue weighted by molar-refractivity contribution is -0.157. The Labute approximate surface area is 180 Å². The first-order valence-electron chi connectivity index (χ1n) is 11.5. The van der Waals surface area contributed by atoms with Crippen molar-refractivity contribution in [1.29, 1.82) is 0 Å². The van der Waals surface area contributed by atoms with E-state index in [9.17, 15) is 24.3 Å². The van der Waals surface area contributed by atoms with Gasteiger partial charge in [0.15, 0.2) is 0 Å². The molecule has 0 aliphatic heterocycles. The van der Waals surface area contributed by atoms with Gasteiger partial charge in [-0.3, -0.25) is 9.59 Å². The number of aliphatic hydroxyl groups is 1. The van der Waals surface area contributed by atoms with E-state index in [0.29, 0.717) is 18.6 Å². The largest absolute Gasteiger partial charge is 0.460 e. The molecule has 0 heterocycles. The number of allylic oxidation sites excluding steroid dienone is 2. The van der Waals surface area contributed by atoms with Gasteiger partial charge in [0.1, 0.15) is 18.2 Å². The number of aliphatic hydroxyl groups excluding tert-OH is 1. The molecule has 170 valence electrons. The fraction of sp³-hybridized carbons (Fsp3) is 0.750. The van der Waals surface area contributed by atoms with Crippen LogP contribution in [-0.2, 0) is 23.9 Å². The molecule has 0 radical (unpaired) electrons. The van der Waals surface area contributed by atoms with Gasteiger partial charge < -0.3 is 14.6 Å². The molecule has 1 saturated carbocycles. The zero-order valence-corrected chi connectivity index (χ0v) is 18.5. The van der Waals surface area contributed by atoms with Crippen molar-refractivity contribution >= 4 is 23.8 Å². The number of unbranched alkanes of at least 4 members (excludes halogenated alkanes) is 3. The number of rotatable bonds is 16. The van der Waals surface area contributed by atoms with Gasteiger partial charge in [-0.1, -0.05) is 51.2 Å². The first-order chi connectivity index (χ1) is 14.4. The minimum Gasteiger partial charge on any atom is -0.460 e. The summed E-state index contributed by atoms with van der Waals surface area (Å²) in [6.45, 7) is 3.83. The van der Waals surface area contributed by atoms with Gasteiger partial charge in [0.05, 0.1) is 6.61 Å². The summed E-state index contributed by atoms with van der Waals surface area (Å²) < 4.78 is 4.60. The second kappa shape index (κ2) is 15.1. The molecule has 0 aromatic carbocycles. The number of ketones is 2. The molecule has 0 aromatic rings. The van der Waals surface area contributed by atoms with Crippen molar-refractivity contribution in [2.75, 3.05) is 6.61 Å². The molecular formula is C24H38O6. The molecule has 1 aliphatic carbocycles. The third-order valence-corrected chi connectivity index (χ3v) is 5.87. The molecule has 1 aliphatic rings. The summed E-state index contributed by atoms with van der Waals surface area (Å²) in [5.74, 6) is -1.23. The molecule has 0 spiro atoms. The van der Waals surface area contributed by atoms with Gasteiger partial charge in [-0.25, -0.2) is 4.79 Å². The third-order valence-electron chi connectivity index (χ3n) is 5.87. The molecule has 0 amide bonds. The van der Waals surface area contributed by atoms with Crippen molar-refractivity contribution < 1.29 is 29.0 Å². The third kappa shape index (κ3) is 9.33. The summed E-state index contributed by atoms with van der Waals surface area (Å²) in [6, 6.07) is 0. The van der Waals surface area contributed by atoms with E-state index in [0.717, 1.165) is 57.7 Å². The molecule has 0 aromatic heterocycles. The minimum absolute atomic E-state index is 0.0256. The number of carbonyl (C=O) groups is 4. The van der Waals surface area contributed by atoms with E-state index in [4.69, 9.17) is 0 Å². The number of hydrogen-bond acceptors (Lipinski definition) is 6. The quantitative estimate of drug-likeness (QED) is 0.133. The summed E-state index contributed by atoms with van der Waals surface area (Å²) in [6.07, 6.45) is 12.5. The summed E-state index contributed by atoms with van der Waals surface area (Å²) in [4.78, 5) is 46.4. The van der Waals surface area contributed by atoms with E-state index in [2.05, 4.69) is 23.8 Å². The highest BCUT2D eigenvalue weighted by Gasteiger charge is 2.32. The van der Waals surface area contributed by atoms with Crippen LogP contribution in [0.25, 0.3) is 0 Å². The first-order valence-corrected chi connectivity index (χ1v) is 11.5. The van der Waals surface area contributed by atoms with Gasteiger partial charge in [-0.2, -0.15) is 0 Å². The predicted octanol–water partition coefficient (Wildman–Crippen LogP) is 3.98. The van der Waals surface area contributed by atoms with Crippen LogP contribution in [0.3, 0.4) is 0 Å². The molecule has 1 fully saturated rings. The Balaban J connectivity index is 2.34. The monoisotopic (exact) mass is 422 g/mol. The van der Waals surface area contributed by atoms with E-state index >= 15 is 0 Å². The van der Waals surface area contributed by atoms with Gasteiger partial charge in [0.2, 0.25) is 0 Å². The zero-order chi connectivity index (χ0) is 22.4. The van der Waals surface area contributed by atoms with E-state index in [1.165, 1.54) is 0 Å². The second-order valence-corrected chi connectivity index (χ2v) is 8.22. The predicted molar refractivity (Wildman–Crippen MR) is 115 cm³/mol. The lowest BCUT2D eigenvalue weighted by atomic mass is 9.89. The molecule has 1 unspecified atom stereocenters. The van der Waals surface area contributed by atoms with E-state index in [-0.39, 0.29) is 30.8 Å². The average molecular weight is 423 g/mol. The Morgan fingerprint density at radius 1 is 1.17 bits per heavy atom. The Hall–Kier alpha value is -1.82. The number of Topliss-reactive ketones (excluding diaryl/α,β-unsaturated/α-hetero) is 2. The average Bonchev–Trinajstić information content (AvgIpc) is 3.09. The van der Waals surface area contributed by atoms with Crippen LogP contribution in [0.5, 0.6) is 0 Å². The van der Waals surface area contributed by atoms with Crippen LogP contribution >= 0.6 is 0 Å². The number of hydrogen-bond donors (Lipinski definition) is 1. The summed E-state index contributed by atoms with van der Waals surface area (Å²) in [5.41, 5.74) is 0. The summed E-state index contributed by atoms with van der Waals surface area (Å²) >= 11 is 0. The first kappa shape index (κ1) is 26.2. The second-order valence-electron chi connectivity index (χ2n) is 8.22. The maximum absolute atomic E-state index is 12.3. The molecule has 0 bridgehead atoms. The highest BCUT2D eigenvalue weighted by molar-refractivity contribution is 6.35. The Morgan fingerprint density at radius 3 is 2.60 bits per heavy atom. The smallest absolute Gasteiger partial charge is 0.377 e. The van der Waals surface area contributed by atoms with Crippen molar-refractivity contribution in [3.05, 3.63) is 12.2 Å². The summed E-state index contributed by atoms with van der Waals surface area (Å²) in [7, 11) is 0. The topological polar surface area (TPSA) is 97.7 Å². The van der Waals surface area contributed by atoms with E-state index < -0.39 is 17.9 Å². The van der Waals surface area contributed by atoms with Crippen LogP contribution < -0.4 is 0 Å². The van der Waals surface area contributed by atoms with Crippen LogP contribution in [-0.4, -0.2) is 41.6 Å². The molecule has 1 rings (SSSR count). The maximum Gasteiger partial charge on any atom is 0.377 e. The van der Waals surface area contributed by atoms with Gasteiger partial charge in [0, 0.05) is 18.3 Å². The van der Waals surface area contributed by atoms with E-state index in [1.54, 1.807) is 6.92 Å². The van der Waals surface area contributed by atoms with Crippen LogP contribution in [0.2, 0.25) is 0 Å². The van der Waals surface area contributed by atoms with Crippen LogP contribution in [0, 0.1) is 17.8 Å². The molecule has 1 N–H and O–H groups in total. The lowest BCUT2D eigenvalue weighted by Gasteiger charge is -2.15. The molecular weight excluding hydrogens is 384 g/mol. The molecule has 6 nitrogen and oxygen atoms in total. The molecule has 4 atom stereocenters. The van der Waals surface area contributed by atoms with Crippen molar-refractivity contribution in [3.8, 4) is 0 Å². The number of ether oxygens (including phenoxy) is 1. The van der Waals surface area contributed by atoms with Gasteiger partial charge in [-0.15, -0.1) is 0 Å². The fourth-order valence-corrected chi connectivity index (χ4v) is 4.02. The maximum atomic E-state index is 12.3. The van der Waals surface area contributed by atoms with Crippen molar-refractivity contribution in [1.82, 2.24) is 0 Å². The molecule has 6 heteroatoms. The van der Waals surface area contributed by atoms with Crippen LogP contribution in [0.4, 0.5) is 0 Å². The normalized spacial score (nSPS) is 21.0. The van der Waals surface area contributed by atoms with Crippen LogP contribution in [0.1, 0.15) is 84.5 Å². The molecule has 0 saturated heterocycles. The number of carbonyl (C=O) groups excluding carboxylic acids is 4. The SMILES string of the molecule is CCCC[C@H](C=O)CC=C[C@H]1CCC(=O)[C@@H]1CCCCCC(O)C(=O)C(=O)OCC. The standard InChI is InChI=1S/C24H38O6/c1-3-5-10-18(17-25)11-9-12-19-15-16-21(26)20(19)13-7-6-8-14-22(27)23(28)24(29)30-4-2/h9,12,17-20,22,27H,3-8,10-11,13-16H2,1-2H3/t18-,19-,20+,22?/m0/s1. The Bertz CT molecular complexity index is 582. The van der Waals surface area contributed by atoms with Gasteiger partial charge >= 0.3 is 5.97 Å². The van der Waals surface area contributed by atoms with Crippen molar-refractivity contribution in [3.63, 3.8) is 0 Å². The molecule has 30 heavy (non-hydrogen) atoms. The fourth-order valence-electron chi connectivity index (χ4n) is 4.02. The van der Waals surface area contributed by atoms with Gasteiger partial charge in [-0.05, 0) is 44.9 Å². The Morgan fingerprint density at radius 2 is 1.93 bits per heavy atom. The van der Waals surface area contributed by atoms with Crippen LogP contribution in [0.15, 0.2) is 12.2 Å². The minimum atomic E-state index is -1.31. The highest BCUT2D eigenvalue weighted by Crippen LogP contribution is 2.34. The number of esters is 1. The Kier molecular flexibility index (Phi) is 13.2. The number of aldehydes is 1. The zero-order valence-electron chi connectivity index (χ0n) is 18.5. The highest BCUT2D eigenvalue weighted by atomic mass is 16.5. The van der Waals surface area contributed by atoms with Gasteiger partial charge in [0.25, 0.3) is 5.78 Å². The van der Waals surface area contributed by atoms with E-state index in [1.807, 2.05) is 0 Å².